The van der Waals surface area contributed by atoms with Gasteiger partial charge in [-0.3, -0.25) is 10.2 Å². The number of nitrogens with zero attached hydrogens (tertiary/aromatic N) is 1. The molecule has 11 heteroatoms. The zero-order valence-corrected chi connectivity index (χ0v) is 21.4. The monoisotopic (exact) mass is 522 g/mol. The Kier molecular flexibility index (Phi) is 9.36. The molecule has 0 aromatic heterocycles. The van der Waals surface area contributed by atoms with Crippen LogP contribution in [0, 0.1) is 5.92 Å². The summed E-state index contributed by atoms with van der Waals surface area (Å²) in [6, 6.07) is 10.2. The van der Waals surface area contributed by atoms with Gasteiger partial charge in [0.15, 0.2) is 0 Å². The van der Waals surface area contributed by atoms with E-state index in [0.29, 0.717) is 48.3 Å². The molecule has 9 nitrogen and oxygen atoms in total. The first-order valence-corrected chi connectivity index (χ1v) is 13.4. The van der Waals surface area contributed by atoms with Crippen LogP contribution in [-0.2, 0) is 16.4 Å². The summed E-state index contributed by atoms with van der Waals surface area (Å²) in [4.78, 5) is 24.6. The molecule has 0 atom stereocenters. The largest absolute Gasteiger partial charge is 0.496 e. The fraction of sp³-hybridized carbons (Fsp3) is 0.417. The molecular weight excluding hydrogens is 492 g/mol. The normalized spacial score (nSPS) is 14.8. The van der Waals surface area contributed by atoms with E-state index in [9.17, 15) is 18.0 Å². The molecule has 3 amide bonds. The van der Waals surface area contributed by atoms with Crippen molar-refractivity contribution in [3.63, 3.8) is 0 Å². The van der Waals surface area contributed by atoms with Gasteiger partial charge in [-0.1, -0.05) is 37.1 Å². The van der Waals surface area contributed by atoms with Crippen molar-refractivity contribution < 1.29 is 22.7 Å². The highest BCUT2D eigenvalue weighted by atomic mass is 35.5. The summed E-state index contributed by atoms with van der Waals surface area (Å²) in [5.74, 6) is 0.743. The van der Waals surface area contributed by atoms with Crippen LogP contribution in [0.2, 0.25) is 5.02 Å². The van der Waals surface area contributed by atoms with Crippen molar-refractivity contribution in [2.75, 3.05) is 26.7 Å². The van der Waals surface area contributed by atoms with E-state index in [2.05, 4.69) is 22.4 Å². The van der Waals surface area contributed by atoms with E-state index in [1.54, 1.807) is 29.3 Å². The van der Waals surface area contributed by atoms with Gasteiger partial charge in [0.25, 0.3) is 15.9 Å². The lowest BCUT2D eigenvalue weighted by atomic mass is 9.95. The van der Waals surface area contributed by atoms with Crippen LogP contribution in [0.4, 0.5) is 4.79 Å². The summed E-state index contributed by atoms with van der Waals surface area (Å²) >= 11 is 5.97. The number of piperidine rings is 1. The Hall–Kier alpha value is -2.82. The number of benzene rings is 2. The Balaban J connectivity index is 1.49. The van der Waals surface area contributed by atoms with Gasteiger partial charge in [-0.15, -0.1) is 0 Å². The fourth-order valence-corrected chi connectivity index (χ4v) is 4.98. The zero-order valence-electron chi connectivity index (χ0n) is 19.8. The van der Waals surface area contributed by atoms with Crippen LogP contribution in [0.5, 0.6) is 5.75 Å². The minimum absolute atomic E-state index is 0.0196. The first-order valence-electron chi connectivity index (χ1n) is 11.5. The number of methoxy groups -OCH3 is 1. The lowest BCUT2D eigenvalue weighted by molar-refractivity contribution is 0.0951. The van der Waals surface area contributed by atoms with Crippen molar-refractivity contribution in [1.82, 2.24) is 20.5 Å². The molecule has 0 aliphatic carbocycles. The first kappa shape index (κ1) is 26.8. The second-order valence-corrected chi connectivity index (χ2v) is 10.5. The predicted octanol–water partition coefficient (Wildman–Crippen LogP) is 3.35. The maximum Gasteiger partial charge on any atom is 0.343 e. The Morgan fingerprint density at radius 1 is 1.11 bits per heavy atom. The minimum Gasteiger partial charge on any atom is -0.496 e. The van der Waals surface area contributed by atoms with E-state index in [-0.39, 0.29) is 10.8 Å². The Labute approximate surface area is 211 Å². The lowest BCUT2D eigenvalue weighted by Crippen LogP contribution is -2.51. The first-order chi connectivity index (χ1) is 16.7. The van der Waals surface area contributed by atoms with E-state index < -0.39 is 16.1 Å². The van der Waals surface area contributed by atoms with Crippen LogP contribution in [0.3, 0.4) is 0 Å². The number of hydrogen-bond acceptors (Lipinski definition) is 6. The molecule has 0 saturated carbocycles. The molecule has 0 radical (unpaired) electrons. The molecule has 3 rings (SSSR count). The van der Waals surface area contributed by atoms with E-state index >= 15 is 0 Å². The second-order valence-electron chi connectivity index (χ2n) is 8.38. The number of urea groups is 1. The molecule has 1 heterocycles. The van der Waals surface area contributed by atoms with Gasteiger partial charge in [0.2, 0.25) is 0 Å². The fourth-order valence-electron chi connectivity index (χ4n) is 3.91. The van der Waals surface area contributed by atoms with Crippen molar-refractivity contribution >= 4 is 33.6 Å². The summed E-state index contributed by atoms with van der Waals surface area (Å²) < 4.78 is 32.4. The average molecular weight is 523 g/mol. The van der Waals surface area contributed by atoms with Crippen molar-refractivity contribution in [2.24, 2.45) is 5.92 Å². The summed E-state index contributed by atoms with van der Waals surface area (Å²) in [7, 11) is -2.53. The molecule has 35 heavy (non-hydrogen) atoms. The Morgan fingerprint density at radius 3 is 2.43 bits per heavy atom. The summed E-state index contributed by atoms with van der Waals surface area (Å²) in [5, 5.41) is 4.97. The smallest absolute Gasteiger partial charge is 0.343 e. The molecule has 2 aromatic rings. The van der Waals surface area contributed by atoms with E-state index in [4.69, 9.17) is 16.3 Å². The minimum atomic E-state index is -4.01. The molecule has 190 valence electrons. The number of hydrogen-bond donors (Lipinski definition) is 3. The molecule has 0 spiro atoms. The van der Waals surface area contributed by atoms with Gasteiger partial charge in [0.1, 0.15) is 5.75 Å². The van der Waals surface area contributed by atoms with Crippen molar-refractivity contribution in [3.05, 3.63) is 58.6 Å². The lowest BCUT2D eigenvalue weighted by Gasteiger charge is -2.31. The maximum atomic E-state index is 12.6. The van der Waals surface area contributed by atoms with Crippen molar-refractivity contribution in [1.29, 1.82) is 0 Å². The number of amides is 3. The molecular formula is C24H31ClN4O5S. The summed E-state index contributed by atoms with van der Waals surface area (Å²) in [6.45, 7) is 3.87. The second kappa shape index (κ2) is 12.2. The number of halogens is 1. The SMILES string of the molecule is CCC1CCN(NC(=O)NS(=O)(=O)c2ccc(CCNC(=O)c3cc(Cl)ccc3OC)cc2)CC1. The third kappa shape index (κ3) is 7.58. The topological polar surface area (TPSA) is 117 Å². The number of rotatable bonds is 9. The molecule has 1 aliphatic rings. The number of carbonyl (C=O) groups excluding carboxylic acids is 2. The molecule has 1 aliphatic heterocycles. The summed E-state index contributed by atoms with van der Waals surface area (Å²) in [5.41, 5.74) is 3.77. The van der Waals surface area contributed by atoms with E-state index in [1.807, 2.05) is 0 Å². The van der Waals surface area contributed by atoms with Gasteiger partial charge in [-0.25, -0.2) is 22.9 Å². The summed E-state index contributed by atoms with van der Waals surface area (Å²) in [6.07, 6.45) is 3.53. The van der Waals surface area contributed by atoms with Crippen molar-refractivity contribution in [2.45, 2.75) is 37.5 Å². The van der Waals surface area contributed by atoms with E-state index in [1.165, 1.54) is 25.3 Å². The van der Waals surface area contributed by atoms with Crippen LogP contribution >= 0.6 is 11.6 Å². The van der Waals surface area contributed by atoms with Crippen molar-refractivity contribution in [3.8, 4) is 5.75 Å². The zero-order chi connectivity index (χ0) is 25.4. The van der Waals surface area contributed by atoms with Gasteiger partial charge in [0.05, 0.1) is 17.6 Å². The highest BCUT2D eigenvalue weighted by Crippen LogP contribution is 2.22. The van der Waals surface area contributed by atoms with Crippen LogP contribution in [-0.4, -0.2) is 52.1 Å². The molecule has 3 N–H and O–H groups in total. The molecule has 1 fully saturated rings. The number of ether oxygens (including phenoxy) is 1. The van der Waals surface area contributed by atoms with Gasteiger partial charge < -0.3 is 10.1 Å². The molecule has 1 saturated heterocycles. The standard InChI is InChI=1S/C24H31ClN4O5S/c1-3-17-11-14-29(15-12-17)27-24(31)28-35(32,33)20-7-4-18(5-8-20)10-13-26-23(30)21-16-19(25)6-9-22(21)34-2/h4-9,16-17H,3,10-15H2,1-2H3,(H,26,30)(H2,27,28,31). The van der Waals surface area contributed by atoms with Gasteiger partial charge in [-0.05, 0) is 61.1 Å². The Bertz CT molecular complexity index is 1130. The van der Waals surface area contributed by atoms with Crippen LogP contribution in [0.25, 0.3) is 0 Å². The van der Waals surface area contributed by atoms with E-state index in [0.717, 1.165) is 24.8 Å². The molecule has 2 aromatic carbocycles. The van der Waals surface area contributed by atoms with Crippen LogP contribution in [0.1, 0.15) is 42.1 Å². The number of carbonyl (C=O) groups is 2. The van der Waals surface area contributed by atoms with Crippen LogP contribution < -0.4 is 20.2 Å². The Morgan fingerprint density at radius 2 is 1.80 bits per heavy atom. The number of hydrazine groups is 1. The molecule has 0 unspecified atom stereocenters. The number of sulfonamides is 1. The quantitative estimate of drug-likeness (QED) is 0.465. The average Bonchev–Trinajstić information content (AvgIpc) is 2.84. The highest BCUT2D eigenvalue weighted by molar-refractivity contribution is 7.90. The predicted molar refractivity (Wildman–Crippen MR) is 134 cm³/mol. The third-order valence-electron chi connectivity index (χ3n) is 6.02. The number of nitrogens with one attached hydrogen (secondary N) is 3. The van der Waals surface area contributed by atoms with Gasteiger partial charge in [-0.2, -0.15) is 0 Å². The highest BCUT2D eigenvalue weighted by Gasteiger charge is 2.22. The van der Waals surface area contributed by atoms with Gasteiger partial charge >= 0.3 is 6.03 Å². The van der Waals surface area contributed by atoms with Crippen LogP contribution in [0.15, 0.2) is 47.4 Å². The third-order valence-corrected chi connectivity index (χ3v) is 7.60. The molecule has 0 bridgehead atoms. The van der Waals surface area contributed by atoms with Gasteiger partial charge in [0, 0.05) is 24.7 Å². The maximum absolute atomic E-state index is 12.6.